The number of rotatable bonds is 8. The fourth-order valence-electron chi connectivity index (χ4n) is 6.09. The molecule has 0 aromatic heterocycles. The molecule has 2 aromatic carbocycles. The molecule has 0 aliphatic heterocycles. The molecule has 2 aromatic rings. The van der Waals surface area contributed by atoms with Crippen LogP contribution in [0.25, 0.3) is 5.70 Å². The van der Waals surface area contributed by atoms with Crippen LogP contribution in [-0.4, -0.2) is 32.8 Å². The Labute approximate surface area is 222 Å². The molecule has 198 valence electrons. The van der Waals surface area contributed by atoms with Gasteiger partial charge in [-0.3, -0.25) is 9.79 Å². The molecule has 2 fully saturated rings. The van der Waals surface area contributed by atoms with Crippen molar-refractivity contribution in [2.45, 2.75) is 70.6 Å². The predicted octanol–water partition coefficient (Wildman–Crippen LogP) is 6.89. The number of nitrogens with zero attached hydrogens (tertiary/aromatic N) is 2. The molecule has 0 spiro atoms. The number of benzene rings is 2. The lowest BCUT2D eigenvalue weighted by atomic mass is 9.78. The number of carbonyl (C=O) groups is 1. The molecule has 4 rings (SSSR count). The van der Waals surface area contributed by atoms with Gasteiger partial charge in [0, 0.05) is 37.1 Å². The van der Waals surface area contributed by atoms with Gasteiger partial charge in [0.2, 0.25) is 5.91 Å². The Balaban J connectivity index is 1.50. The highest BCUT2D eigenvalue weighted by Gasteiger charge is 2.31. The van der Waals surface area contributed by atoms with Crippen LogP contribution >= 0.6 is 0 Å². The zero-order chi connectivity index (χ0) is 26.2. The molecule has 0 heterocycles. The van der Waals surface area contributed by atoms with Gasteiger partial charge in [-0.15, -0.1) is 0 Å². The number of ether oxygens (including phenoxy) is 1. The van der Waals surface area contributed by atoms with E-state index in [0.717, 1.165) is 74.9 Å². The summed E-state index contributed by atoms with van der Waals surface area (Å²) in [6, 6.07) is 14.8. The second kappa shape index (κ2) is 12.9. The molecule has 0 atom stereocenters. The summed E-state index contributed by atoms with van der Waals surface area (Å²) in [5.74, 6) is 2.47. The summed E-state index contributed by atoms with van der Waals surface area (Å²) < 4.78 is 5.45. The fraction of sp³-hybridized carbons (Fsp3) is 0.500. The lowest BCUT2D eigenvalue weighted by Crippen LogP contribution is -2.41. The van der Waals surface area contributed by atoms with Gasteiger partial charge in [-0.1, -0.05) is 43.5 Å². The van der Waals surface area contributed by atoms with E-state index in [9.17, 15) is 4.79 Å². The van der Waals surface area contributed by atoms with Crippen molar-refractivity contribution in [1.29, 1.82) is 0 Å². The van der Waals surface area contributed by atoms with Crippen LogP contribution in [0.4, 0.5) is 5.69 Å². The van der Waals surface area contributed by atoms with Crippen molar-refractivity contribution in [3.05, 3.63) is 65.2 Å². The first kappa shape index (κ1) is 27.0. The summed E-state index contributed by atoms with van der Waals surface area (Å²) >= 11 is 0. The van der Waals surface area contributed by atoms with E-state index in [1.54, 1.807) is 20.4 Å². The highest BCUT2D eigenvalue weighted by molar-refractivity contribution is 5.95. The van der Waals surface area contributed by atoms with Crippen molar-refractivity contribution >= 4 is 23.5 Å². The molecule has 37 heavy (non-hydrogen) atoms. The molecular weight excluding hydrogens is 458 g/mol. The molecule has 0 unspecified atom stereocenters. The van der Waals surface area contributed by atoms with Crippen molar-refractivity contribution in [2.24, 2.45) is 22.6 Å². The fourth-order valence-corrected chi connectivity index (χ4v) is 6.09. The molecule has 0 radical (unpaired) electrons. The van der Waals surface area contributed by atoms with E-state index >= 15 is 0 Å². The number of hydrogen-bond donors (Lipinski definition) is 1. The van der Waals surface area contributed by atoms with E-state index in [-0.39, 0.29) is 5.92 Å². The van der Waals surface area contributed by atoms with Gasteiger partial charge >= 0.3 is 0 Å². The molecule has 2 aliphatic carbocycles. The summed E-state index contributed by atoms with van der Waals surface area (Å²) in [5.41, 5.74) is 11.5. The molecule has 5 heteroatoms. The standard InChI is InChI=1S/C32H43N3O2/c1-23-20-27(16-17-31(23)37-3)25-14-12-24(13-15-25)22-35(32(36)26-8-5-4-6-9-26)29-11-7-10-28(21-29)30(33)18-19-34-2/h7,10-11,16-21,24-26H,4-6,8-9,12-15,22,33H2,1-3H3. The molecule has 2 saturated carbocycles. The number of allylic oxidation sites excluding steroid dienone is 1. The summed E-state index contributed by atoms with van der Waals surface area (Å²) in [4.78, 5) is 20.0. The zero-order valence-electron chi connectivity index (χ0n) is 22.8. The van der Waals surface area contributed by atoms with E-state index in [1.807, 2.05) is 18.2 Å². The maximum Gasteiger partial charge on any atom is 0.230 e. The lowest BCUT2D eigenvalue weighted by Gasteiger charge is -2.35. The summed E-state index contributed by atoms with van der Waals surface area (Å²) in [6.45, 7) is 2.90. The Hall–Kier alpha value is -3.08. The van der Waals surface area contributed by atoms with Gasteiger partial charge in [-0.05, 0) is 98.2 Å². The average molecular weight is 502 g/mol. The second-order valence-electron chi connectivity index (χ2n) is 10.8. The number of carbonyl (C=O) groups excluding carboxylic acids is 1. The van der Waals surface area contributed by atoms with Crippen molar-refractivity contribution in [3.63, 3.8) is 0 Å². The van der Waals surface area contributed by atoms with E-state index < -0.39 is 0 Å². The SMILES string of the molecule is CN=CC=C(N)c1cccc(N(CC2CCC(c3ccc(OC)c(C)c3)CC2)C(=O)C2CCCCC2)c1. The molecule has 2 aliphatic rings. The van der Waals surface area contributed by atoms with Gasteiger partial charge < -0.3 is 15.4 Å². The Morgan fingerprint density at radius 2 is 1.81 bits per heavy atom. The number of aliphatic imine (C=N–C) groups is 1. The molecule has 0 bridgehead atoms. The minimum absolute atomic E-state index is 0.135. The lowest BCUT2D eigenvalue weighted by molar-refractivity contribution is -0.123. The third-order valence-corrected chi connectivity index (χ3v) is 8.29. The van der Waals surface area contributed by atoms with Crippen LogP contribution < -0.4 is 15.4 Å². The summed E-state index contributed by atoms with van der Waals surface area (Å²) in [5, 5.41) is 0. The third kappa shape index (κ3) is 6.82. The number of nitrogens with two attached hydrogens (primary N) is 1. The first-order valence-corrected chi connectivity index (χ1v) is 13.9. The van der Waals surface area contributed by atoms with Gasteiger partial charge in [-0.2, -0.15) is 0 Å². The first-order chi connectivity index (χ1) is 18.0. The highest BCUT2D eigenvalue weighted by atomic mass is 16.5. The van der Waals surface area contributed by atoms with E-state index in [0.29, 0.717) is 23.4 Å². The van der Waals surface area contributed by atoms with Crippen LogP contribution in [0.1, 0.15) is 80.4 Å². The number of anilines is 1. The van der Waals surface area contributed by atoms with Crippen molar-refractivity contribution in [2.75, 3.05) is 25.6 Å². The Morgan fingerprint density at radius 1 is 1.05 bits per heavy atom. The topological polar surface area (TPSA) is 67.9 Å². The minimum Gasteiger partial charge on any atom is -0.496 e. The normalized spacial score (nSPS) is 21.2. The summed E-state index contributed by atoms with van der Waals surface area (Å²) in [6.07, 6.45) is 13.7. The average Bonchev–Trinajstić information content (AvgIpc) is 2.95. The Morgan fingerprint density at radius 3 is 2.49 bits per heavy atom. The predicted molar refractivity (Wildman–Crippen MR) is 154 cm³/mol. The van der Waals surface area contributed by atoms with E-state index in [4.69, 9.17) is 10.5 Å². The maximum atomic E-state index is 13.9. The van der Waals surface area contributed by atoms with Crippen molar-refractivity contribution < 1.29 is 9.53 Å². The molecular formula is C32H43N3O2. The number of methoxy groups -OCH3 is 1. The molecule has 5 nitrogen and oxygen atoms in total. The largest absolute Gasteiger partial charge is 0.496 e. The molecule has 2 N–H and O–H groups in total. The molecule has 0 saturated heterocycles. The minimum atomic E-state index is 0.135. The number of hydrogen-bond acceptors (Lipinski definition) is 4. The quantitative estimate of drug-likeness (QED) is 0.400. The second-order valence-corrected chi connectivity index (χ2v) is 10.8. The number of aryl methyl sites for hydroxylation is 1. The van der Waals surface area contributed by atoms with Crippen LogP contribution in [-0.2, 0) is 4.79 Å². The zero-order valence-corrected chi connectivity index (χ0v) is 22.8. The Bertz CT molecular complexity index is 1110. The van der Waals surface area contributed by atoms with Crippen molar-refractivity contribution in [1.82, 2.24) is 0 Å². The van der Waals surface area contributed by atoms with Gasteiger partial charge in [0.1, 0.15) is 5.75 Å². The van der Waals surface area contributed by atoms with Crippen LogP contribution in [0, 0.1) is 18.8 Å². The third-order valence-electron chi connectivity index (χ3n) is 8.29. The van der Waals surface area contributed by atoms with Crippen molar-refractivity contribution in [3.8, 4) is 5.75 Å². The van der Waals surface area contributed by atoms with Gasteiger partial charge in [0.25, 0.3) is 0 Å². The summed E-state index contributed by atoms with van der Waals surface area (Å²) in [7, 11) is 3.46. The van der Waals surface area contributed by atoms with Gasteiger partial charge in [-0.25, -0.2) is 0 Å². The Kier molecular flexibility index (Phi) is 9.43. The van der Waals surface area contributed by atoms with Gasteiger partial charge in [0.05, 0.1) is 7.11 Å². The highest BCUT2D eigenvalue weighted by Crippen LogP contribution is 2.38. The maximum absolute atomic E-state index is 13.9. The monoisotopic (exact) mass is 501 g/mol. The van der Waals surface area contributed by atoms with E-state index in [2.05, 4.69) is 47.1 Å². The van der Waals surface area contributed by atoms with Crippen LogP contribution in [0.5, 0.6) is 5.75 Å². The number of amides is 1. The first-order valence-electron chi connectivity index (χ1n) is 13.9. The van der Waals surface area contributed by atoms with Crippen LogP contribution in [0.15, 0.2) is 53.5 Å². The smallest absolute Gasteiger partial charge is 0.230 e. The van der Waals surface area contributed by atoms with Crippen LogP contribution in [0.3, 0.4) is 0 Å². The molecule has 1 amide bonds. The van der Waals surface area contributed by atoms with E-state index in [1.165, 1.54) is 17.5 Å². The van der Waals surface area contributed by atoms with Gasteiger partial charge in [0.15, 0.2) is 0 Å². The van der Waals surface area contributed by atoms with Crippen LogP contribution in [0.2, 0.25) is 0 Å².